The Morgan fingerprint density at radius 3 is 2.56 bits per heavy atom. The molecule has 7 nitrogen and oxygen atoms in total. The van der Waals surface area contributed by atoms with E-state index in [9.17, 15) is 9.18 Å². The molecular weight excluding hydrogens is 459 g/mol. The second-order valence-electron chi connectivity index (χ2n) is 8.70. The van der Waals surface area contributed by atoms with Crippen LogP contribution in [0.5, 0.6) is 11.6 Å². The first kappa shape index (κ1) is 20.5. The summed E-state index contributed by atoms with van der Waals surface area (Å²) >= 11 is 0. The smallest absolute Gasteiger partial charge is 0.344 e. The van der Waals surface area contributed by atoms with Gasteiger partial charge in [-0.15, -0.1) is 5.10 Å². The summed E-state index contributed by atoms with van der Waals surface area (Å²) in [5.41, 5.74) is 3.83. The molecule has 3 aromatic carbocycles. The fourth-order valence-electron chi connectivity index (χ4n) is 4.86. The molecule has 36 heavy (non-hydrogen) atoms. The molecule has 7 rings (SSSR count). The molecule has 174 valence electrons. The predicted molar refractivity (Wildman–Crippen MR) is 131 cm³/mol. The van der Waals surface area contributed by atoms with Crippen LogP contribution in [-0.4, -0.2) is 19.6 Å². The van der Waals surface area contributed by atoms with E-state index in [4.69, 9.17) is 14.1 Å². The number of hydrogen-bond acceptors (Lipinski definition) is 6. The van der Waals surface area contributed by atoms with Crippen molar-refractivity contribution in [2.45, 2.75) is 12.8 Å². The van der Waals surface area contributed by atoms with Gasteiger partial charge >= 0.3 is 5.63 Å². The van der Waals surface area contributed by atoms with Gasteiger partial charge in [-0.25, -0.2) is 23.7 Å². The third-order valence-corrected chi connectivity index (χ3v) is 6.55. The summed E-state index contributed by atoms with van der Waals surface area (Å²) in [6.45, 7) is 1.99. The molecule has 1 unspecified atom stereocenters. The first-order valence-electron chi connectivity index (χ1n) is 11.4. The lowest BCUT2D eigenvalue weighted by Crippen LogP contribution is -2.22. The Hall–Kier alpha value is -4.85. The summed E-state index contributed by atoms with van der Waals surface area (Å²) in [5, 5.41) is 5.30. The number of ether oxygens (including phenoxy) is 1. The van der Waals surface area contributed by atoms with Crippen LogP contribution in [0, 0.1) is 12.7 Å². The number of rotatable bonds is 2. The minimum Gasteiger partial charge on any atom is -0.437 e. The van der Waals surface area contributed by atoms with Crippen LogP contribution >= 0.6 is 0 Å². The Bertz CT molecular complexity index is 1880. The van der Waals surface area contributed by atoms with Crippen molar-refractivity contribution in [3.63, 3.8) is 0 Å². The molecule has 0 spiro atoms. The van der Waals surface area contributed by atoms with Crippen molar-refractivity contribution in [1.82, 2.24) is 19.6 Å². The van der Waals surface area contributed by atoms with Crippen molar-refractivity contribution in [2.75, 3.05) is 0 Å². The normalized spacial score (nSPS) is 14.4. The van der Waals surface area contributed by atoms with Crippen LogP contribution in [0.15, 0.2) is 88.3 Å². The average Bonchev–Trinajstić information content (AvgIpc) is 3.33. The zero-order valence-electron chi connectivity index (χ0n) is 19.0. The van der Waals surface area contributed by atoms with Gasteiger partial charge in [0.05, 0.1) is 22.4 Å². The number of fused-ring (bicyclic) bond motifs is 6. The summed E-state index contributed by atoms with van der Waals surface area (Å²) in [7, 11) is 0. The van der Waals surface area contributed by atoms with Crippen molar-refractivity contribution in [2.24, 2.45) is 0 Å². The SMILES string of the molecule is Cc1ccccc1-c1nc2c3c(ncn2n1)Oc1c(c(=O)oc2ccccc12)C3c1ccc(F)cc1. The topological polar surface area (TPSA) is 82.5 Å². The number of nitrogens with zero attached hydrogens (tertiary/aromatic N) is 4. The van der Waals surface area contributed by atoms with E-state index in [0.717, 1.165) is 11.1 Å². The van der Waals surface area contributed by atoms with Gasteiger partial charge in [-0.2, -0.15) is 0 Å². The third kappa shape index (κ3) is 2.97. The molecule has 0 fully saturated rings. The number of hydrogen-bond donors (Lipinski definition) is 0. The van der Waals surface area contributed by atoms with Crippen LogP contribution in [0.4, 0.5) is 4.39 Å². The molecule has 8 heteroatoms. The third-order valence-electron chi connectivity index (χ3n) is 6.55. The van der Waals surface area contributed by atoms with Crippen molar-refractivity contribution in [3.05, 3.63) is 118 Å². The molecule has 0 radical (unpaired) electrons. The minimum absolute atomic E-state index is 0.308. The van der Waals surface area contributed by atoms with E-state index in [1.807, 2.05) is 43.3 Å². The van der Waals surface area contributed by atoms with Gasteiger partial charge in [0.1, 0.15) is 17.7 Å². The average molecular weight is 476 g/mol. The lowest BCUT2D eigenvalue weighted by molar-refractivity contribution is 0.422. The zero-order valence-corrected chi connectivity index (χ0v) is 19.0. The summed E-state index contributed by atoms with van der Waals surface area (Å²) < 4.78 is 27.4. The largest absolute Gasteiger partial charge is 0.437 e. The highest BCUT2D eigenvalue weighted by atomic mass is 19.1. The first-order chi connectivity index (χ1) is 17.6. The monoisotopic (exact) mass is 476 g/mol. The Morgan fingerprint density at radius 1 is 0.944 bits per heavy atom. The second kappa shape index (κ2) is 7.58. The van der Waals surface area contributed by atoms with Gasteiger partial charge in [0.25, 0.3) is 0 Å². The number of aryl methyl sites for hydroxylation is 1. The van der Waals surface area contributed by atoms with E-state index in [0.29, 0.717) is 50.8 Å². The van der Waals surface area contributed by atoms with E-state index >= 15 is 0 Å². The van der Waals surface area contributed by atoms with Gasteiger partial charge in [-0.1, -0.05) is 48.5 Å². The quantitative estimate of drug-likeness (QED) is 0.301. The molecular formula is C28H17FN4O3. The molecule has 3 aromatic heterocycles. The highest BCUT2D eigenvalue weighted by Gasteiger charge is 2.37. The van der Waals surface area contributed by atoms with E-state index < -0.39 is 11.5 Å². The van der Waals surface area contributed by atoms with Crippen molar-refractivity contribution in [1.29, 1.82) is 0 Å². The van der Waals surface area contributed by atoms with Crippen LogP contribution in [-0.2, 0) is 0 Å². The predicted octanol–water partition coefficient (Wildman–Crippen LogP) is 5.63. The zero-order chi connectivity index (χ0) is 24.4. The Morgan fingerprint density at radius 2 is 1.72 bits per heavy atom. The molecule has 0 aliphatic carbocycles. The maximum absolute atomic E-state index is 13.9. The molecule has 0 saturated carbocycles. The van der Waals surface area contributed by atoms with Gasteiger partial charge in [0.2, 0.25) is 5.88 Å². The van der Waals surface area contributed by atoms with Gasteiger partial charge in [0, 0.05) is 5.56 Å². The fourth-order valence-corrected chi connectivity index (χ4v) is 4.86. The number of halogens is 1. The second-order valence-corrected chi connectivity index (χ2v) is 8.70. The van der Waals surface area contributed by atoms with E-state index in [1.165, 1.54) is 12.1 Å². The standard InChI is InChI=1S/C28H17FN4O3/c1-15-6-2-3-7-18(15)25-31-26-23-21(16-10-12-17(29)13-11-16)22-24(36-27(23)30-14-33(26)32-25)19-8-4-5-9-20(19)35-28(22)34/h2-14,21H,1H3. The molecule has 6 aromatic rings. The summed E-state index contributed by atoms with van der Waals surface area (Å²) in [4.78, 5) is 22.7. The van der Waals surface area contributed by atoms with Crippen molar-refractivity contribution in [3.8, 4) is 23.0 Å². The number of aromatic nitrogens is 4. The molecule has 4 heterocycles. The van der Waals surface area contributed by atoms with E-state index in [2.05, 4.69) is 10.1 Å². The van der Waals surface area contributed by atoms with Gasteiger partial charge in [-0.05, 0) is 42.3 Å². The first-order valence-corrected chi connectivity index (χ1v) is 11.4. The summed E-state index contributed by atoms with van der Waals surface area (Å²) in [6, 6.07) is 21.0. The van der Waals surface area contributed by atoms with Crippen LogP contribution in [0.3, 0.4) is 0 Å². The maximum Gasteiger partial charge on any atom is 0.344 e. The molecule has 0 N–H and O–H groups in total. The molecule has 0 saturated heterocycles. The van der Waals surface area contributed by atoms with E-state index in [1.54, 1.807) is 35.1 Å². The molecule has 1 aliphatic rings. The van der Waals surface area contributed by atoms with Crippen LogP contribution < -0.4 is 10.4 Å². The van der Waals surface area contributed by atoms with Gasteiger partial charge in [0.15, 0.2) is 17.2 Å². The van der Waals surface area contributed by atoms with Crippen molar-refractivity contribution >= 4 is 16.6 Å². The Kier molecular flexibility index (Phi) is 4.32. The minimum atomic E-state index is -0.657. The van der Waals surface area contributed by atoms with Crippen LogP contribution in [0.2, 0.25) is 0 Å². The van der Waals surface area contributed by atoms with Gasteiger partial charge in [-0.3, -0.25) is 0 Å². The Labute approximate surface area is 203 Å². The fraction of sp³-hybridized carbons (Fsp3) is 0.0714. The highest BCUT2D eigenvalue weighted by Crippen LogP contribution is 2.48. The van der Waals surface area contributed by atoms with Crippen molar-refractivity contribution < 1.29 is 13.5 Å². The van der Waals surface area contributed by atoms with E-state index in [-0.39, 0.29) is 5.82 Å². The number of benzene rings is 3. The summed E-state index contributed by atoms with van der Waals surface area (Å²) in [6.07, 6.45) is 1.54. The van der Waals surface area contributed by atoms with Gasteiger partial charge < -0.3 is 9.15 Å². The maximum atomic E-state index is 13.9. The molecule has 0 bridgehead atoms. The number of para-hydroxylation sites is 1. The molecule has 1 atom stereocenters. The van der Waals surface area contributed by atoms with Crippen LogP contribution in [0.25, 0.3) is 28.0 Å². The highest BCUT2D eigenvalue weighted by molar-refractivity contribution is 5.87. The molecule has 0 amide bonds. The molecule has 1 aliphatic heterocycles. The summed E-state index contributed by atoms with van der Waals surface area (Å²) in [5.74, 6) is 0.174. The Balaban J connectivity index is 1.55. The lowest BCUT2D eigenvalue weighted by Gasteiger charge is -2.27. The lowest BCUT2D eigenvalue weighted by atomic mass is 9.84. The van der Waals surface area contributed by atoms with Crippen LogP contribution in [0.1, 0.15) is 28.2 Å².